The molecule has 1 aliphatic heterocycles. The van der Waals surface area contributed by atoms with Gasteiger partial charge in [-0.2, -0.15) is 0 Å². The highest BCUT2D eigenvalue weighted by atomic mass is 16.2. The summed E-state index contributed by atoms with van der Waals surface area (Å²) in [5, 5.41) is 3.39. The zero-order chi connectivity index (χ0) is 13.0. The zero-order valence-corrected chi connectivity index (χ0v) is 12.0. The number of amides is 1. The number of hydrogen-bond acceptors (Lipinski definition) is 2. The molecule has 3 heteroatoms. The van der Waals surface area contributed by atoms with Crippen molar-refractivity contribution in [3.8, 4) is 0 Å². The largest absolute Gasteiger partial charge is 0.342 e. The first kappa shape index (κ1) is 13.9. The van der Waals surface area contributed by atoms with Crippen LogP contribution >= 0.6 is 0 Å². The lowest BCUT2D eigenvalue weighted by Crippen LogP contribution is -2.47. The monoisotopic (exact) mass is 252 g/mol. The number of hydrogen-bond donors (Lipinski definition) is 1. The van der Waals surface area contributed by atoms with Crippen LogP contribution in [0.5, 0.6) is 0 Å². The maximum absolute atomic E-state index is 12.8. The molecule has 0 aromatic heterocycles. The van der Waals surface area contributed by atoms with Gasteiger partial charge in [0.15, 0.2) is 0 Å². The molecule has 3 nitrogen and oxygen atoms in total. The van der Waals surface area contributed by atoms with Crippen LogP contribution in [-0.4, -0.2) is 37.0 Å². The second-order valence-electron chi connectivity index (χ2n) is 6.10. The van der Waals surface area contributed by atoms with Crippen molar-refractivity contribution in [2.24, 2.45) is 11.3 Å². The third kappa shape index (κ3) is 2.71. The van der Waals surface area contributed by atoms with Gasteiger partial charge in [-0.15, -0.1) is 0 Å². The molecule has 1 unspecified atom stereocenters. The fraction of sp³-hybridized carbons (Fsp3) is 0.933. The van der Waals surface area contributed by atoms with E-state index in [1.54, 1.807) is 0 Å². The molecule has 1 heterocycles. The van der Waals surface area contributed by atoms with Crippen molar-refractivity contribution in [3.63, 3.8) is 0 Å². The van der Waals surface area contributed by atoms with Crippen LogP contribution in [0.4, 0.5) is 0 Å². The van der Waals surface area contributed by atoms with Crippen molar-refractivity contribution in [1.82, 2.24) is 10.2 Å². The van der Waals surface area contributed by atoms with E-state index < -0.39 is 0 Å². The highest BCUT2D eigenvalue weighted by Gasteiger charge is 2.42. The summed E-state index contributed by atoms with van der Waals surface area (Å²) in [4.78, 5) is 15.0. The van der Waals surface area contributed by atoms with Crippen LogP contribution in [0, 0.1) is 11.3 Å². The van der Waals surface area contributed by atoms with Crippen molar-refractivity contribution in [3.05, 3.63) is 0 Å². The Balaban J connectivity index is 2.00. The summed E-state index contributed by atoms with van der Waals surface area (Å²) in [7, 11) is 0. The van der Waals surface area contributed by atoms with Crippen molar-refractivity contribution in [2.45, 2.75) is 52.4 Å². The Hall–Kier alpha value is -0.570. The Morgan fingerprint density at radius 2 is 2.17 bits per heavy atom. The van der Waals surface area contributed by atoms with Crippen LogP contribution in [0.1, 0.15) is 52.4 Å². The Morgan fingerprint density at radius 1 is 1.39 bits per heavy atom. The van der Waals surface area contributed by atoms with Gasteiger partial charge in [-0.05, 0) is 45.1 Å². The Morgan fingerprint density at radius 3 is 2.61 bits per heavy atom. The fourth-order valence-electron chi connectivity index (χ4n) is 3.40. The van der Waals surface area contributed by atoms with Crippen molar-refractivity contribution < 1.29 is 4.79 Å². The SMILES string of the molecule is CCCC1(C(=O)N(CC)CC2CCC2)CCNC1. The van der Waals surface area contributed by atoms with Gasteiger partial charge in [-0.3, -0.25) is 4.79 Å². The summed E-state index contributed by atoms with van der Waals surface area (Å²) in [6.07, 6.45) is 7.18. The molecule has 0 aromatic rings. The molecular formula is C15H28N2O. The van der Waals surface area contributed by atoms with Gasteiger partial charge in [0.25, 0.3) is 0 Å². The molecule has 0 aromatic carbocycles. The van der Waals surface area contributed by atoms with E-state index in [0.29, 0.717) is 5.91 Å². The molecular weight excluding hydrogens is 224 g/mol. The molecule has 2 aliphatic rings. The third-order valence-electron chi connectivity index (χ3n) is 4.80. The molecule has 1 aliphatic carbocycles. The molecule has 0 spiro atoms. The predicted octanol–water partition coefficient (Wildman–Crippen LogP) is 2.41. The van der Waals surface area contributed by atoms with Gasteiger partial charge in [-0.25, -0.2) is 0 Å². The first-order valence-electron chi connectivity index (χ1n) is 7.72. The second-order valence-corrected chi connectivity index (χ2v) is 6.10. The van der Waals surface area contributed by atoms with E-state index >= 15 is 0 Å². The number of nitrogens with zero attached hydrogens (tertiary/aromatic N) is 1. The van der Waals surface area contributed by atoms with Crippen LogP contribution in [-0.2, 0) is 4.79 Å². The van der Waals surface area contributed by atoms with Crippen LogP contribution in [0.3, 0.4) is 0 Å². The average molecular weight is 252 g/mol. The predicted molar refractivity (Wildman–Crippen MR) is 74.4 cm³/mol. The van der Waals surface area contributed by atoms with E-state index in [1.807, 2.05) is 0 Å². The van der Waals surface area contributed by atoms with Gasteiger partial charge in [0, 0.05) is 19.6 Å². The fourth-order valence-corrected chi connectivity index (χ4v) is 3.40. The van der Waals surface area contributed by atoms with Crippen LogP contribution in [0.2, 0.25) is 0 Å². The maximum Gasteiger partial charge on any atom is 0.230 e. The molecule has 1 saturated heterocycles. The summed E-state index contributed by atoms with van der Waals surface area (Å²) >= 11 is 0. The lowest BCUT2D eigenvalue weighted by molar-refractivity contribution is -0.142. The van der Waals surface area contributed by atoms with E-state index in [1.165, 1.54) is 19.3 Å². The topological polar surface area (TPSA) is 32.3 Å². The highest BCUT2D eigenvalue weighted by molar-refractivity contribution is 5.83. The van der Waals surface area contributed by atoms with Gasteiger partial charge in [0.2, 0.25) is 5.91 Å². The number of carbonyl (C=O) groups is 1. The molecule has 1 amide bonds. The maximum atomic E-state index is 12.8. The minimum atomic E-state index is -0.0888. The summed E-state index contributed by atoms with van der Waals surface area (Å²) in [6, 6.07) is 0. The van der Waals surface area contributed by atoms with Gasteiger partial charge < -0.3 is 10.2 Å². The molecule has 1 saturated carbocycles. The standard InChI is InChI=1S/C15H28N2O/c1-3-8-15(9-10-16-12-15)14(18)17(4-2)11-13-6-5-7-13/h13,16H,3-12H2,1-2H3. The van der Waals surface area contributed by atoms with Crippen molar-refractivity contribution >= 4 is 5.91 Å². The number of rotatable bonds is 6. The highest BCUT2D eigenvalue weighted by Crippen LogP contribution is 2.35. The molecule has 2 rings (SSSR count). The van der Waals surface area contributed by atoms with Gasteiger partial charge in [0.1, 0.15) is 0 Å². The molecule has 18 heavy (non-hydrogen) atoms. The molecule has 1 atom stereocenters. The Labute approximate surface area is 111 Å². The molecule has 0 bridgehead atoms. The summed E-state index contributed by atoms with van der Waals surface area (Å²) in [5.41, 5.74) is -0.0888. The van der Waals surface area contributed by atoms with Gasteiger partial charge in [0.05, 0.1) is 5.41 Å². The van der Waals surface area contributed by atoms with E-state index in [2.05, 4.69) is 24.1 Å². The third-order valence-corrected chi connectivity index (χ3v) is 4.80. The van der Waals surface area contributed by atoms with Crippen molar-refractivity contribution in [2.75, 3.05) is 26.2 Å². The van der Waals surface area contributed by atoms with E-state index in [9.17, 15) is 4.79 Å². The minimum Gasteiger partial charge on any atom is -0.342 e. The second kappa shape index (κ2) is 6.05. The van der Waals surface area contributed by atoms with Crippen molar-refractivity contribution in [1.29, 1.82) is 0 Å². The van der Waals surface area contributed by atoms with Gasteiger partial charge in [-0.1, -0.05) is 19.8 Å². The summed E-state index contributed by atoms with van der Waals surface area (Å²) in [5.74, 6) is 1.20. The molecule has 1 N–H and O–H groups in total. The minimum absolute atomic E-state index is 0.0888. The van der Waals surface area contributed by atoms with Crippen LogP contribution in [0.25, 0.3) is 0 Å². The number of nitrogens with one attached hydrogen (secondary N) is 1. The first-order chi connectivity index (χ1) is 8.72. The Kier molecular flexibility index (Phi) is 4.66. The lowest BCUT2D eigenvalue weighted by Gasteiger charge is -2.37. The normalized spacial score (nSPS) is 28.1. The zero-order valence-electron chi connectivity index (χ0n) is 12.0. The smallest absolute Gasteiger partial charge is 0.230 e. The lowest BCUT2D eigenvalue weighted by atomic mass is 9.79. The quantitative estimate of drug-likeness (QED) is 0.787. The Bertz CT molecular complexity index is 280. The summed E-state index contributed by atoms with van der Waals surface area (Å²) in [6.45, 7) is 8.09. The average Bonchev–Trinajstić information content (AvgIpc) is 2.78. The van der Waals surface area contributed by atoms with Gasteiger partial charge >= 0.3 is 0 Å². The molecule has 104 valence electrons. The first-order valence-corrected chi connectivity index (χ1v) is 7.72. The van der Waals surface area contributed by atoms with Crippen LogP contribution < -0.4 is 5.32 Å². The summed E-state index contributed by atoms with van der Waals surface area (Å²) < 4.78 is 0. The van der Waals surface area contributed by atoms with E-state index in [-0.39, 0.29) is 5.41 Å². The molecule has 2 fully saturated rings. The number of carbonyl (C=O) groups excluding carboxylic acids is 1. The van der Waals surface area contributed by atoms with Crippen LogP contribution in [0.15, 0.2) is 0 Å². The van der Waals surface area contributed by atoms with E-state index in [4.69, 9.17) is 0 Å². The van der Waals surface area contributed by atoms with E-state index in [0.717, 1.165) is 51.4 Å². The molecule has 0 radical (unpaired) electrons.